The molecule has 0 saturated carbocycles. The van der Waals surface area contributed by atoms with E-state index in [9.17, 15) is 4.79 Å². The van der Waals surface area contributed by atoms with Gasteiger partial charge in [-0.05, 0) is 37.3 Å². The minimum absolute atomic E-state index is 0.0527. The first-order valence-electron chi connectivity index (χ1n) is 4.74. The molecule has 0 bridgehead atoms. The molecule has 0 aliphatic rings. The first-order chi connectivity index (χ1) is 7.58. The van der Waals surface area contributed by atoms with Crippen molar-refractivity contribution in [3.8, 4) is 0 Å². The lowest BCUT2D eigenvalue weighted by Gasteiger charge is -2.02. The van der Waals surface area contributed by atoms with Crippen molar-refractivity contribution in [3.63, 3.8) is 0 Å². The van der Waals surface area contributed by atoms with Crippen LogP contribution in [0.25, 0.3) is 0 Å². The number of nitrogen functional groups attached to an aromatic ring is 1. The summed E-state index contributed by atoms with van der Waals surface area (Å²) in [4.78, 5) is 13.9. The number of anilines is 1. The van der Waals surface area contributed by atoms with E-state index in [4.69, 9.17) is 17.3 Å². The Balaban J connectivity index is 2.41. The number of rotatable bonds is 2. The number of carbonyl (C=O) groups is 1. The summed E-state index contributed by atoms with van der Waals surface area (Å²) in [6, 6.07) is 8.67. The Morgan fingerprint density at radius 2 is 2.06 bits per heavy atom. The highest BCUT2D eigenvalue weighted by atomic mass is 35.5. The molecule has 16 heavy (non-hydrogen) atoms. The second kappa shape index (κ2) is 4.28. The summed E-state index contributed by atoms with van der Waals surface area (Å²) in [5.41, 5.74) is 6.63. The lowest BCUT2D eigenvalue weighted by atomic mass is 10.1. The van der Waals surface area contributed by atoms with Gasteiger partial charge in [-0.2, -0.15) is 0 Å². The largest absolute Gasteiger partial charge is 0.399 e. The molecule has 0 aliphatic carbocycles. The normalized spacial score (nSPS) is 10.4. The van der Waals surface area contributed by atoms with Gasteiger partial charge in [0.05, 0.1) is 9.90 Å². The molecule has 1 aromatic carbocycles. The molecule has 0 aliphatic heterocycles. The van der Waals surface area contributed by atoms with Gasteiger partial charge in [0, 0.05) is 16.1 Å². The Labute approximate surface area is 103 Å². The molecule has 0 radical (unpaired) electrons. The number of thiophene rings is 1. The van der Waals surface area contributed by atoms with Crippen molar-refractivity contribution in [2.24, 2.45) is 0 Å². The summed E-state index contributed by atoms with van der Waals surface area (Å²) in [5, 5.41) is 0.399. The molecule has 2 rings (SSSR count). The monoisotopic (exact) mass is 251 g/mol. The highest BCUT2D eigenvalue weighted by Gasteiger charge is 2.14. The Morgan fingerprint density at radius 3 is 2.62 bits per heavy atom. The summed E-state index contributed by atoms with van der Waals surface area (Å²) in [7, 11) is 0. The fourth-order valence-electron chi connectivity index (χ4n) is 1.40. The van der Waals surface area contributed by atoms with Gasteiger partial charge in [-0.25, -0.2) is 0 Å². The van der Waals surface area contributed by atoms with Gasteiger partial charge in [0.15, 0.2) is 0 Å². The molecular formula is C12H10ClNOS. The second-order valence-corrected chi connectivity index (χ2v) is 5.17. The first-order valence-corrected chi connectivity index (χ1v) is 5.93. The fraction of sp³-hybridized carbons (Fsp3) is 0.0833. The topological polar surface area (TPSA) is 43.1 Å². The summed E-state index contributed by atoms with van der Waals surface area (Å²) < 4.78 is 0. The Kier molecular flexibility index (Phi) is 2.99. The van der Waals surface area contributed by atoms with E-state index in [2.05, 4.69) is 0 Å². The molecule has 0 saturated heterocycles. The van der Waals surface area contributed by atoms with E-state index in [1.54, 1.807) is 18.2 Å². The third-order valence-corrected chi connectivity index (χ3v) is 3.51. The molecular weight excluding hydrogens is 242 g/mol. The van der Waals surface area contributed by atoms with Crippen LogP contribution in [0.1, 0.15) is 20.1 Å². The quantitative estimate of drug-likeness (QED) is 0.656. The summed E-state index contributed by atoms with van der Waals surface area (Å²) in [6.45, 7) is 1.96. The standard InChI is InChI=1S/C12H10ClNOS/c1-7-2-5-11(16-7)12(15)9-4-3-8(14)6-10(9)13/h2-6H,14H2,1H3. The number of aryl methyl sites for hydroxylation is 1. The molecule has 0 unspecified atom stereocenters. The van der Waals surface area contributed by atoms with Gasteiger partial charge in [0.2, 0.25) is 5.78 Å². The van der Waals surface area contributed by atoms with Gasteiger partial charge in [0.1, 0.15) is 0 Å². The predicted octanol–water partition coefficient (Wildman–Crippen LogP) is 3.52. The summed E-state index contributed by atoms with van der Waals surface area (Å²) in [6.07, 6.45) is 0. The van der Waals surface area contributed by atoms with Gasteiger partial charge < -0.3 is 5.73 Å². The molecule has 0 fully saturated rings. The van der Waals surface area contributed by atoms with Gasteiger partial charge >= 0.3 is 0 Å². The van der Waals surface area contributed by atoms with Crippen LogP contribution in [0.15, 0.2) is 30.3 Å². The van der Waals surface area contributed by atoms with Crippen LogP contribution in [0, 0.1) is 6.92 Å². The van der Waals surface area contributed by atoms with Crippen molar-refractivity contribution in [3.05, 3.63) is 50.7 Å². The maximum absolute atomic E-state index is 12.1. The maximum Gasteiger partial charge on any atom is 0.204 e. The van der Waals surface area contributed by atoms with Crippen molar-refractivity contribution in [2.75, 3.05) is 5.73 Å². The Hall–Kier alpha value is -1.32. The molecule has 0 atom stereocenters. The van der Waals surface area contributed by atoms with Crippen molar-refractivity contribution in [2.45, 2.75) is 6.92 Å². The minimum Gasteiger partial charge on any atom is -0.399 e. The number of nitrogens with two attached hydrogens (primary N) is 1. The van der Waals surface area contributed by atoms with Crippen LogP contribution in [0.2, 0.25) is 5.02 Å². The van der Waals surface area contributed by atoms with Crippen LogP contribution < -0.4 is 5.73 Å². The van der Waals surface area contributed by atoms with Crippen molar-refractivity contribution in [1.82, 2.24) is 0 Å². The zero-order valence-electron chi connectivity index (χ0n) is 8.66. The zero-order valence-corrected chi connectivity index (χ0v) is 10.2. The molecule has 4 heteroatoms. The van der Waals surface area contributed by atoms with Crippen LogP contribution in [-0.2, 0) is 0 Å². The molecule has 1 heterocycles. The van der Waals surface area contributed by atoms with E-state index in [0.717, 1.165) is 4.88 Å². The average Bonchev–Trinajstić information content (AvgIpc) is 2.64. The summed E-state index contributed by atoms with van der Waals surface area (Å²) in [5.74, 6) is -0.0527. The first kappa shape index (κ1) is 11.2. The van der Waals surface area contributed by atoms with Gasteiger partial charge in [-0.3, -0.25) is 4.79 Å². The predicted molar refractivity (Wildman–Crippen MR) is 68.4 cm³/mol. The minimum atomic E-state index is -0.0527. The van der Waals surface area contributed by atoms with Crippen molar-refractivity contribution < 1.29 is 4.79 Å². The zero-order chi connectivity index (χ0) is 11.7. The third-order valence-electron chi connectivity index (χ3n) is 2.20. The average molecular weight is 252 g/mol. The highest BCUT2D eigenvalue weighted by molar-refractivity contribution is 7.14. The van der Waals surface area contributed by atoms with E-state index in [-0.39, 0.29) is 5.78 Å². The lowest BCUT2D eigenvalue weighted by Crippen LogP contribution is -2.00. The molecule has 1 aromatic heterocycles. The van der Waals surface area contributed by atoms with Crippen LogP contribution >= 0.6 is 22.9 Å². The lowest BCUT2D eigenvalue weighted by molar-refractivity contribution is 0.104. The SMILES string of the molecule is Cc1ccc(C(=O)c2ccc(N)cc2Cl)s1. The van der Waals surface area contributed by atoms with E-state index >= 15 is 0 Å². The fourth-order valence-corrected chi connectivity index (χ4v) is 2.50. The molecule has 2 nitrogen and oxygen atoms in total. The van der Waals surface area contributed by atoms with E-state index in [0.29, 0.717) is 21.2 Å². The number of ketones is 1. The molecule has 0 spiro atoms. The molecule has 2 N–H and O–H groups in total. The summed E-state index contributed by atoms with van der Waals surface area (Å²) >= 11 is 7.45. The third kappa shape index (κ3) is 2.10. The molecule has 2 aromatic rings. The van der Waals surface area contributed by atoms with Gasteiger partial charge in [-0.1, -0.05) is 11.6 Å². The molecule has 82 valence electrons. The molecule has 0 amide bonds. The Morgan fingerprint density at radius 1 is 1.31 bits per heavy atom. The maximum atomic E-state index is 12.1. The number of carbonyl (C=O) groups excluding carboxylic acids is 1. The number of benzene rings is 1. The van der Waals surface area contributed by atoms with Crippen molar-refractivity contribution in [1.29, 1.82) is 0 Å². The Bertz CT molecular complexity index is 548. The van der Waals surface area contributed by atoms with E-state index < -0.39 is 0 Å². The smallest absolute Gasteiger partial charge is 0.204 e. The van der Waals surface area contributed by atoms with E-state index in [1.807, 2.05) is 19.1 Å². The van der Waals surface area contributed by atoms with Crippen LogP contribution in [0.3, 0.4) is 0 Å². The van der Waals surface area contributed by atoms with Crippen molar-refractivity contribution >= 4 is 34.4 Å². The highest BCUT2D eigenvalue weighted by Crippen LogP contribution is 2.25. The second-order valence-electron chi connectivity index (χ2n) is 3.48. The van der Waals surface area contributed by atoms with Crippen LogP contribution in [0.5, 0.6) is 0 Å². The number of hydrogen-bond donors (Lipinski definition) is 1. The van der Waals surface area contributed by atoms with E-state index in [1.165, 1.54) is 11.3 Å². The number of halogens is 1. The van der Waals surface area contributed by atoms with Gasteiger partial charge in [0.25, 0.3) is 0 Å². The van der Waals surface area contributed by atoms with Crippen LogP contribution in [0.4, 0.5) is 5.69 Å². The van der Waals surface area contributed by atoms with Gasteiger partial charge in [-0.15, -0.1) is 11.3 Å². The number of hydrogen-bond acceptors (Lipinski definition) is 3. The van der Waals surface area contributed by atoms with Crippen LogP contribution in [-0.4, -0.2) is 5.78 Å².